The fourth-order valence-electron chi connectivity index (χ4n) is 1.74. The number of aliphatic hydroxyl groups is 1. The number of nitrogens with zero attached hydrogens (tertiary/aromatic N) is 1. The van der Waals surface area contributed by atoms with E-state index in [-0.39, 0.29) is 12.1 Å². The normalized spacial score (nSPS) is 24.2. The molecule has 0 saturated carbocycles. The number of carbonyl (C=O) groups excluding carboxylic acids is 1. The number of ether oxygens (including phenoxy) is 1. The molecule has 0 aromatic heterocycles. The van der Waals surface area contributed by atoms with Crippen molar-refractivity contribution >= 4 is 6.09 Å². The molecule has 14 heavy (non-hydrogen) atoms. The van der Waals surface area contributed by atoms with Gasteiger partial charge in [-0.15, -0.1) is 0 Å². The predicted octanol–water partition coefficient (Wildman–Crippen LogP) is 1.23. The monoisotopic (exact) mass is 201 g/mol. The van der Waals surface area contributed by atoms with E-state index in [0.717, 1.165) is 6.42 Å². The first kappa shape index (κ1) is 11.3. The minimum absolute atomic E-state index is 0.136. The Hall–Kier alpha value is -0.770. The summed E-state index contributed by atoms with van der Waals surface area (Å²) >= 11 is 0. The van der Waals surface area contributed by atoms with Crippen LogP contribution in [0.4, 0.5) is 4.79 Å². The van der Waals surface area contributed by atoms with E-state index in [4.69, 9.17) is 4.74 Å². The number of cyclic esters (lactones) is 1. The Morgan fingerprint density at radius 3 is 2.71 bits per heavy atom. The van der Waals surface area contributed by atoms with Crippen LogP contribution in [0.25, 0.3) is 0 Å². The van der Waals surface area contributed by atoms with Crippen LogP contribution >= 0.6 is 0 Å². The highest BCUT2D eigenvalue weighted by Gasteiger charge is 2.33. The standard InChI is InChI=1S/C10H19NO3/c1-7(2)4-9-6-14-10(13)11(9)5-8(3)12/h7-9,12H,4-6H2,1-3H3. The quantitative estimate of drug-likeness (QED) is 0.744. The van der Waals surface area contributed by atoms with E-state index in [9.17, 15) is 9.90 Å². The molecule has 1 heterocycles. The summed E-state index contributed by atoms with van der Waals surface area (Å²) in [6.07, 6.45) is 0.144. The van der Waals surface area contributed by atoms with Crippen molar-refractivity contribution in [2.45, 2.75) is 39.3 Å². The second-order valence-electron chi connectivity index (χ2n) is 4.36. The summed E-state index contributed by atoms with van der Waals surface area (Å²) in [6.45, 7) is 6.74. The summed E-state index contributed by atoms with van der Waals surface area (Å²) in [7, 11) is 0. The van der Waals surface area contributed by atoms with Gasteiger partial charge < -0.3 is 9.84 Å². The molecule has 1 aliphatic rings. The van der Waals surface area contributed by atoms with Crippen LogP contribution in [0.2, 0.25) is 0 Å². The maximum Gasteiger partial charge on any atom is 0.410 e. The van der Waals surface area contributed by atoms with Crippen LogP contribution in [0.3, 0.4) is 0 Å². The zero-order valence-electron chi connectivity index (χ0n) is 9.06. The molecular formula is C10H19NO3. The van der Waals surface area contributed by atoms with Gasteiger partial charge in [-0.2, -0.15) is 0 Å². The van der Waals surface area contributed by atoms with Gasteiger partial charge in [-0.1, -0.05) is 13.8 Å². The van der Waals surface area contributed by atoms with Crippen LogP contribution in [0.15, 0.2) is 0 Å². The van der Waals surface area contributed by atoms with Crippen LogP contribution in [0, 0.1) is 5.92 Å². The Labute approximate surface area is 84.8 Å². The van der Waals surface area contributed by atoms with Gasteiger partial charge in [0.25, 0.3) is 0 Å². The second-order valence-corrected chi connectivity index (χ2v) is 4.36. The third-order valence-corrected chi connectivity index (χ3v) is 2.28. The van der Waals surface area contributed by atoms with E-state index in [0.29, 0.717) is 19.1 Å². The van der Waals surface area contributed by atoms with Crippen LogP contribution < -0.4 is 0 Å². The molecule has 1 saturated heterocycles. The Kier molecular flexibility index (Phi) is 3.75. The smallest absolute Gasteiger partial charge is 0.410 e. The van der Waals surface area contributed by atoms with Gasteiger partial charge >= 0.3 is 6.09 Å². The molecule has 82 valence electrons. The van der Waals surface area contributed by atoms with Gasteiger partial charge in [0.15, 0.2) is 0 Å². The van der Waals surface area contributed by atoms with Crippen molar-refractivity contribution in [2.75, 3.05) is 13.2 Å². The van der Waals surface area contributed by atoms with Crippen molar-refractivity contribution < 1.29 is 14.6 Å². The van der Waals surface area contributed by atoms with Gasteiger partial charge in [-0.05, 0) is 19.3 Å². The highest BCUT2D eigenvalue weighted by atomic mass is 16.6. The number of aliphatic hydroxyl groups excluding tert-OH is 1. The van der Waals surface area contributed by atoms with E-state index in [2.05, 4.69) is 13.8 Å². The third-order valence-electron chi connectivity index (χ3n) is 2.28. The molecule has 1 aliphatic heterocycles. The summed E-state index contributed by atoms with van der Waals surface area (Å²) in [4.78, 5) is 12.9. The lowest BCUT2D eigenvalue weighted by molar-refractivity contribution is 0.117. The van der Waals surface area contributed by atoms with E-state index < -0.39 is 6.10 Å². The van der Waals surface area contributed by atoms with Crippen molar-refractivity contribution in [3.63, 3.8) is 0 Å². The highest BCUT2D eigenvalue weighted by Crippen LogP contribution is 2.19. The number of hydrogen-bond donors (Lipinski definition) is 1. The summed E-state index contributed by atoms with van der Waals surface area (Å²) in [5.74, 6) is 0.533. The zero-order valence-corrected chi connectivity index (χ0v) is 9.06. The minimum Gasteiger partial charge on any atom is -0.447 e. The first-order chi connectivity index (χ1) is 6.50. The van der Waals surface area contributed by atoms with Crippen LogP contribution in [-0.2, 0) is 4.74 Å². The average Bonchev–Trinajstić information content (AvgIpc) is 2.34. The van der Waals surface area contributed by atoms with Gasteiger partial charge in [0.1, 0.15) is 6.61 Å². The topological polar surface area (TPSA) is 49.8 Å². The summed E-state index contributed by atoms with van der Waals surface area (Å²) in [6, 6.07) is 0.136. The Morgan fingerprint density at radius 2 is 2.21 bits per heavy atom. The average molecular weight is 201 g/mol. The molecule has 0 aliphatic carbocycles. The van der Waals surface area contributed by atoms with E-state index in [1.54, 1.807) is 11.8 Å². The summed E-state index contributed by atoms with van der Waals surface area (Å²) in [5.41, 5.74) is 0. The van der Waals surface area contributed by atoms with Crippen molar-refractivity contribution in [1.82, 2.24) is 4.90 Å². The first-order valence-electron chi connectivity index (χ1n) is 5.12. The molecule has 1 N–H and O–H groups in total. The lowest BCUT2D eigenvalue weighted by Gasteiger charge is -2.23. The number of amides is 1. The Morgan fingerprint density at radius 1 is 1.57 bits per heavy atom. The second kappa shape index (κ2) is 4.64. The summed E-state index contributed by atoms with van der Waals surface area (Å²) < 4.78 is 4.96. The van der Waals surface area contributed by atoms with Gasteiger partial charge in [-0.25, -0.2) is 4.79 Å². The molecule has 1 rings (SSSR count). The number of carbonyl (C=O) groups is 1. The molecule has 1 amide bonds. The maximum absolute atomic E-state index is 11.3. The molecule has 1 fully saturated rings. The number of β-amino-alcohol motifs (C(OH)–C–C–N with tert-alkyl or cyclic N) is 1. The van der Waals surface area contributed by atoms with E-state index >= 15 is 0 Å². The molecule has 4 heteroatoms. The lowest BCUT2D eigenvalue weighted by atomic mass is 10.0. The van der Waals surface area contributed by atoms with Gasteiger partial charge in [0, 0.05) is 0 Å². The lowest BCUT2D eigenvalue weighted by Crippen LogP contribution is -2.39. The fraction of sp³-hybridized carbons (Fsp3) is 0.900. The van der Waals surface area contributed by atoms with Gasteiger partial charge in [0.05, 0.1) is 18.7 Å². The first-order valence-corrected chi connectivity index (χ1v) is 5.12. The molecule has 0 spiro atoms. The molecular weight excluding hydrogens is 182 g/mol. The number of hydrogen-bond acceptors (Lipinski definition) is 3. The van der Waals surface area contributed by atoms with Crippen LogP contribution in [-0.4, -0.2) is 41.4 Å². The molecule has 2 atom stereocenters. The van der Waals surface area contributed by atoms with E-state index in [1.807, 2.05) is 0 Å². The van der Waals surface area contributed by atoms with Crippen molar-refractivity contribution in [3.05, 3.63) is 0 Å². The van der Waals surface area contributed by atoms with Gasteiger partial charge in [-0.3, -0.25) is 4.90 Å². The SMILES string of the molecule is CC(C)CC1COC(=O)N1CC(C)O. The minimum atomic E-state index is -0.490. The molecule has 2 unspecified atom stereocenters. The van der Waals surface area contributed by atoms with Crippen LogP contribution in [0.1, 0.15) is 27.2 Å². The molecule has 4 nitrogen and oxygen atoms in total. The largest absolute Gasteiger partial charge is 0.447 e. The van der Waals surface area contributed by atoms with Gasteiger partial charge in [0.2, 0.25) is 0 Å². The Balaban J connectivity index is 2.53. The van der Waals surface area contributed by atoms with Crippen molar-refractivity contribution in [1.29, 1.82) is 0 Å². The highest BCUT2D eigenvalue weighted by molar-refractivity contribution is 5.70. The molecule has 0 bridgehead atoms. The molecule has 0 aromatic carbocycles. The Bertz CT molecular complexity index is 204. The molecule has 0 aromatic rings. The van der Waals surface area contributed by atoms with Crippen molar-refractivity contribution in [2.24, 2.45) is 5.92 Å². The van der Waals surface area contributed by atoms with Crippen LogP contribution in [0.5, 0.6) is 0 Å². The zero-order chi connectivity index (χ0) is 10.7. The maximum atomic E-state index is 11.3. The third kappa shape index (κ3) is 2.87. The summed E-state index contributed by atoms with van der Waals surface area (Å²) in [5, 5.41) is 9.23. The van der Waals surface area contributed by atoms with E-state index in [1.165, 1.54) is 0 Å². The fourth-order valence-corrected chi connectivity index (χ4v) is 1.74. The molecule has 0 radical (unpaired) electrons. The predicted molar refractivity (Wildman–Crippen MR) is 53.0 cm³/mol. The number of rotatable bonds is 4. The van der Waals surface area contributed by atoms with Crippen molar-refractivity contribution in [3.8, 4) is 0 Å².